The average molecular weight is 444 g/mol. The Morgan fingerprint density at radius 1 is 1.27 bits per heavy atom. The molecule has 2 amide bonds. The molecule has 0 spiro atoms. The van der Waals surface area contributed by atoms with E-state index in [2.05, 4.69) is 10.5 Å². The van der Waals surface area contributed by atoms with Crippen LogP contribution < -0.4 is 5.32 Å². The molecule has 3 aromatic rings. The van der Waals surface area contributed by atoms with Crippen LogP contribution in [0.2, 0.25) is 4.34 Å². The van der Waals surface area contributed by atoms with E-state index in [4.69, 9.17) is 16.1 Å². The van der Waals surface area contributed by atoms with Crippen molar-refractivity contribution in [2.24, 2.45) is 0 Å². The van der Waals surface area contributed by atoms with Crippen LogP contribution in [0.5, 0.6) is 0 Å². The van der Waals surface area contributed by atoms with Gasteiger partial charge in [-0.3, -0.25) is 9.59 Å². The van der Waals surface area contributed by atoms with Gasteiger partial charge in [0.2, 0.25) is 5.91 Å². The predicted octanol–water partition coefficient (Wildman–Crippen LogP) is 5.31. The van der Waals surface area contributed by atoms with Crippen LogP contribution in [0.1, 0.15) is 43.4 Å². The minimum atomic E-state index is -0.708. The minimum absolute atomic E-state index is 0.00460. The fourth-order valence-electron chi connectivity index (χ4n) is 3.76. The largest absolute Gasteiger partial charge is 0.353 e. The van der Waals surface area contributed by atoms with Gasteiger partial charge in [-0.05, 0) is 37.0 Å². The normalized spacial score (nSPS) is 15.3. The minimum Gasteiger partial charge on any atom is -0.353 e. The maximum atomic E-state index is 13.4. The van der Waals surface area contributed by atoms with Gasteiger partial charge < -0.3 is 14.7 Å². The van der Waals surface area contributed by atoms with E-state index in [9.17, 15) is 9.59 Å². The van der Waals surface area contributed by atoms with Crippen LogP contribution in [-0.4, -0.2) is 28.4 Å². The molecule has 1 atom stereocenters. The molecule has 1 fully saturated rings. The molecule has 3 heterocycles. The van der Waals surface area contributed by atoms with Gasteiger partial charge in [0.05, 0.1) is 9.21 Å². The smallest absolute Gasteiger partial charge is 0.253 e. The average Bonchev–Trinajstić information content (AvgIpc) is 3.36. The zero-order chi connectivity index (χ0) is 21.1. The molecule has 0 bridgehead atoms. The summed E-state index contributed by atoms with van der Waals surface area (Å²) in [4.78, 5) is 28.5. The summed E-state index contributed by atoms with van der Waals surface area (Å²) in [5, 5.41) is 7.01. The second-order valence-corrected chi connectivity index (χ2v) is 8.86. The Bertz CT molecular complexity index is 1050. The van der Waals surface area contributed by atoms with Crippen molar-refractivity contribution in [2.75, 3.05) is 11.9 Å². The molecule has 4 rings (SSSR count). The van der Waals surface area contributed by atoms with Crippen LogP contribution in [0.15, 0.2) is 47.0 Å². The summed E-state index contributed by atoms with van der Waals surface area (Å²) >= 11 is 7.45. The van der Waals surface area contributed by atoms with Gasteiger partial charge in [0.15, 0.2) is 11.6 Å². The van der Waals surface area contributed by atoms with E-state index < -0.39 is 6.04 Å². The van der Waals surface area contributed by atoms with Crippen LogP contribution in [-0.2, 0) is 16.0 Å². The molecule has 0 saturated carbocycles. The van der Waals surface area contributed by atoms with Crippen molar-refractivity contribution < 1.29 is 14.1 Å². The summed E-state index contributed by atoms with van der Waals surface area (Å²) in [5.41, 5.74) is 1.58. The van der Waals surface area contributed by atoms with Crippen molar-refractivity contribution >= 4 is 40.6 Å². The van der Waals surface area contributed by atoms with Crippen LogP contribution in [0.3, 0.4) is 0 Å². The number of aromatic nitrogens is 1. The fourth-order valence-corrected chi connectivity index (χ4v) is 4.81. The van der Waals surface area contributed by atoms with Crippen LogP contribution in [0.4, 0.5) is 5.82 Å². The third kappa shape index (κ3) is 4.13. The van der Waals surface area contributed by atoms with E-state index in [0.29, 0.717) is 35.3 Å². The third-order valence-corrected chi connectivity index (χ3v) is 6.45. The number of carbonyl (C=O) groups is 2. The number of thiophene rings is 1. The molecule has 0 unspecified atom stereocenters. The molecule has 1 aliphatic rings. The van der Waals surface area contributed by atoms with E-state index in [1.807, 2.05) is 43.3 Å². The summed E-state index contributed by atoms with van der Waals surface area (Å²) in [6.45, 7) is 2.54. The molecule has 1 aliphatic heterocycles. The zero-order valence-corrected chi connectivity index (χ0v) is 18.1. The van der Waals surface area contributed by atoms with Gasteiger partial charge in [0.25, 0.3) is 5.91 Å². The molecule has 1 aromatic carbocycles. The van der Waals surface area contributed by atoms with Gasteiger partial charge in [-0.1, -0.05) is 54.0 Å². The van der Waals surface area contributed by atoms with Gasteiger partial charge in [-0.2, -0.15) is 0 Å². The highest BCUT2D eigenvalue weighted by molar-refractivity contribution is 7.19. The zero-order valence-electron chi connectivity index (χ0n) is 16.6. The number of hydrogen-bond donors (Lipinski definition) is 1. The molecule has 1 N–H and O–H groups in total. The molecule has 0 aliphatic carbocycles. The van der Waals surface area contributed by atoms with Crippen LogP contribution in [0.25, 0.3) is 10.6 Å². The number of hydrogen-bond acceptors (Lipinski definition) is 5. The first-order valence-electron chi connectivity index (χ1n) is 9.98. The lowest BCUT2D eigenvalue weighted by molar-refractivity contribution is -0.141. The highest BCUT2D eigenvalue weighted by Crippen LogP contribution is 2.36. The molecule has 30 heavy (non-hydrogen) atoms. The highest BCUT2D eigenvalue weighted by atomic mass is 35.5. The summed E-state index contributed by atoms with van der Waals surface area (Å²) in [5.74, 6) is 0.688. The van der Waals surface area contributed by atoms with Crippen molar-refractivity contribution in [3.8, 4) is 10.6 Å². The topological polar surface area (TPSA) is 75.4 Å². The van der Waals surface area contributed by atoms with Gasteiger partial charge in [-0.15, -0.1) is 11.3 Å². The van der Waals surface area contributed by atoms with Crippen molar-refractivity contribution in [1.82, 2.24) is 10.1 Å². The van der Waals surface area contributed by atoms with Crippen molar-refractivity contribution in [1.29, 1.82) is 0 Å². The van der Waals surface area contributed by atoms with E-state index in [1.165, 1.54) is 11.3 Å². The summed E-state index contributed by atoms with van der Waals surface area (Å²) in [6.07, 6.45) is 2.83. The number of piperidine rings is 1. The van der Waals surface area contributed by atoms with E-state index in [1.54, 1.807) is 11.0 Å². The number of carbonyl (C=O) groups excluding carboxylic acids is 2. The van der Waals surface area contributed by atoms with E-state index in [-0.39, 0.29) is 11.8 Å². The van der Waals surface area contributed by atoms with Gasteiger partial charge >= 0.3 is 0 Å². The van der Waals surface area contributed by atoms with Gasteiger partial charge in [0, 0.05) is 18.5 Å². The summed E-state index contributed by atoms with van der Waals surface area (Å²) in [7, 11) is 0. The second-order valence-electron chi connectivity index (χ2n) is 7.14. The second kappa shape index (κ2) is 9.02. The summed E-state index contributed by atoms with van der Waals surface area (Å²) < 4.78 is 6.20. The standard InChI is InChI=1S/C22H22ClN3O3S/c1-2-15-20(16-11-12-17(23)30-16)29-25-21(15)24-22(28)19(14-8-4-3-5-9-14)26-13-7-6-10-18(26)27/h3-5,8-9,11-12,19H,2,6-7,10,13H2,1H3,(H,24,25,28)/t19-/m1/s1. The Morgan fingerprint density at radius 2 is 2.07 bits per heavy atom. The maximum absolute atomic E-state index is 13.4. The molecular weight excluding hydrogens is 422 g/mol. The molecule has 8 heteroatoms. The lowest BCUT2D eigenvalue weighted by Gasteiger charge is -2.33. The Morgan fingerprint density at radius 3 is 2.73 bits per heavy atom. The van der Waals surface area contributed by atoms with Crippen molar-refractivity contribution in [3.05, 3.63) is 57.9 Å². The van der Waals surface area contributed by atoms with Crippen molar-refractivity contribution in [2.45, 2.75) is 38.6 Å². The highest BCUT2D eigenvalue weighted by Gasteiger charge is 2.33. The first-order valence-corrected chi connectivity index (χ1v) is 11.2. The first kappa shape index (κ1) is 20.6. The Kier molecular flexibility index (Phi) is 6.20. The molecule has 0 radical (unpaired) electrons. The van der Waals surface area contributed by atoms with Crippen LogP contribution in [0, 0.1) is 0 Å². The van der Waals surface area contributed by atoms with E-state index >= 15 is 0 Å². The summed E-state index contributed by atoms with van der Waals surface area (Å²) in [6, 6.07) is 12.3. The van der Waals surface area contributed by atoms with E-state index in [0.717, 1.165) is 28.8 Å². The SMILES string of the molecule is CCc1c(NC(=O)[C@@H](c2ccccc2)N2CCCCC2=O)noc1-c1ccc(Cl)s1. The monoisotopic (exact) mass is 443 g/mol. The molecule has 6 nitrogen and oxygen atoms in total. The van der Waals surface area contributed by atoms with Crippen LogP contribution >= 0.6 is 22.9 Å². The van der Waals surface area contributed by atoms with Gasteiger partial charge in [-0.25, -0.2) is 0 Å². The molecule has 156 valence electrons. The Labute approximate surface area is 183 Å². The Hall–Kier alpha value is -2.64. The number of nitrogens with zero attached hydrogens (tertiary/aromatic N) is 2. The Balaban J connectivity index is 1.64. The predicted molar refractivity (Wildman–Crippen MR) is 118 cm³/mol. The lowest BCUT2D eigenvalue weighted by atomic mass is 10.0. The number of nitrogens with one attached hydrogen (secondary N) is 1. The molecule has 2 aromatic heterocycles. The number of anilines is 1. The fraction of sp³-hybridized carbons (Fsp3) is 0.318. The lowest BCUT2D eigenvalue weighted by Crippen LogP contribution is -2.43. The number of likely N-dealkylation sites (tertiary alicyclic amines) is 1. The maximum Gasteiger partial charge on any atom is 0.253 e. The van der Waals surface area contributed by atoms with Gasteiger partial charge in [0.1, 0.15) is 6.04 Å². The molecule has 1 saturated heterocycles. The first-order chi connectivity index (χ1) is 14.6. The quantitative estimate of drug-likeness (QED) is 0.560. The number of rotatable bonds is 6. The number of amides is 2. The number of benzene rings is 1. The van der Waals surface area contributed by atoms with Crippen molar-refractivity contribution in [3.63, 3.8) is 0 Å². The molecular formula is C22H22ClN3O3S. The third-order valence-electron chi connectivity index (χ3n) is 5.22. The number of halogens is 1.